The molecule has 0 aromatic heterocycles. The standard InChI is InChI=1S/C4H7N2O2/c7-4(8)3-1-5-2-6-3/h3,6H,1-2H2,(H,7,8). The second-order valence-corrected chi connectivity index (χ2v) is 1.66. The molecular weight excluding hydrogens is 108 g/mol. The molecule has 1 rings (SSSR count). The molecule has 4 heteroatoms. The van der Waals surface area contributed by atoms with Crippen molar-refractivity contribution in [2.45, 2.75) is 6.04 Å². The molecule has 0 aromatic rings. The average Bonchev–Trinajstić information content (AvgIpc) is 2.12. The van der Waals surface area contributed by atoms with Crippen LogP contribution in [-0.4, -0.2) is 30.3 Å². The highest BCUT2D eigenvalue weighted by Gasteiger charge is 2.20. The van der Waals surface area contributed by atoms with E-state index in [4.69, 9.17) is 5.11 Å². The molecule has 0 amide bonds. The maximum atomic E-state index is 10.1. The van der Waals surface area contributed by atoms with Crippen LogP contribution in [0.4, 0.5) is 0 Å². The Balaban J connectivity index is 2.35. The summed E-state index contributed by atoms with van der Waals surface area (Å²) >= 11 is 0. The third kappa shape index (κ3) is 0.962. The lowest BCUT2D eigenvalue weighted by molar-refractivity contribution is -0.138. The Bertz CT molecular complexity index is 98.2. The summed E-state index contributed by atoms with van der Waals surface area (Å²) in [7, 11) is 0. The molecule has 0 saturated carbocycles. The Morgan fingerprint density at radius 3 is 2.88 bits per heavy atom. The van der Waals surface area contributed by atoms with Crippen LogP contribution in [0.1, 0.15) is 0 Å². The third-order valence-electron chi connectivity index (χ3n) is 1.06. The van der Waals surface area contributed by atoms with E-state index in [1.54, 1.807) is 0 Å². The van der Waals surface area contributed by atoms with Gasteiger partial charge in [0.1, 0.15) is 6.04 Å². The number of carboxylic acid groups (broad SMARTS) is 1. The van der Waals surface area contributed by atoms with Crippen molar-refractivity contribution < 1.29 is 9.90 Å². The first-order valence-corrected chi connectivity index (χ1v) is 2.40. The molecule has 1 radical (unpaired) electrons. The molecule has 8 heavy (non-hydrogen) atoms. The molecule has 45 valence electrons. The summed E-state index contributed by atoms with van der Waals surface area (Å²) in [6.45, 7) is 0.895. The molecule has 1 aliphatic heterocycles. The first-order chi connectivity index (χ1) is 3.80. The summed E-state index contributed by atoms with van der Waals surface area (Å²) in [6.07, 6.45) is 0. The van der Waals surface area contributed by atoms with Crippen molar-refractivity contribution in [2.75, 3.05) is 13.2 Å². The lowest BCUT2D eigenvalue weighted by Gasteiger charge is -1.97. The van der Waals surface area contributed by atoms with E-state index in [0.29, 0.717) is 13.2 Å². The van der Waals surface area contributed by atoms with Gasteiger partial charge in [-0.1, -0.05) is 0 Å². The zero-order valence-electron chi connectivity index (χ0n) is 4.29. The first-order valence-electron chi connectivity index (χ1n) is 2.40. The molecule has 1 unspecified atom stereocenters. The zero-order valence-corrected chi connectivity index (χ0v) is 4.29. The number of nitrogens with zero attached hydrogens (tertiary/aromatic N) is 1. The van der Waals surface area contributed by atoms with Crippen molar-refractivity contribution in [3.05, 3.63) is 0 Å². The molecule has 2 N–H and O–H groups in total. The number of aliphatic carboxylic acids is 1. The molecule has 0 aliphatic carbocycles. The number of nitrogens with one attached hydrogen (secondary N) is 1. The maximum absolute atomic E-state index is 10.1. The van der Waals surface area contributed by atoms with E-state index in [9.17, 15) is 4.79 Å². The Morgan fingerprint density at radius 1 is 1.88 bits per heavy atom. The first kappa shape index (κ1) is 5.53. The van der Waals surface area contributed by atoms with Crippen molar-refractivity contribution in [3.8, 4) is 0 Å². The van der Waals surface area contributed by atoms with Crippen molar-refractivity contribution in [1.82, 2.24) is 10.6 Å². The lowest BCUT2D eigenvalue weighted by Crippen LogP contribution is -2.32. The van der Waals surface area contributed by atoms with Gasteiger partial charge in [-0.05, 0) is 0 Å². The van der Waals surface area contributed by atoms with Crippen LogP contribution in [-0.2, 0) is 4.79 Å². The van der Waals surface area contributed by atoms with Crippen LogP contribution in [0, 0.1) is 0 Å². The fourth-order valence-electron chi connectivity index (χ4n) is 0.598. The second kappa shape index (κ2) is 2.11. The Hall–Kier alpha value is -0.610. The smallest absolute Gasteiger partial charge is 0.322 e. The number of carboxylic acids is 1. The number of carbonyl (C=O) groups is 1. The minimum Gasteiger partial charge on any atom is -0.480 e. The highest BCUT2D eigenvalue weighted by Crippen LogP contribution is 1.87. The second-order valence-electron chi connectivity index (χ2n) is 1.66. The third-order valence-corrected chi connectivity index (χ3v) is 1.06. The van der Waals surface area contributed by atoms with Crippen molar-refractivity contribution in [2.24, 2.45) is 0 Å². The normalized spacial score (nSPS) is 28.2. The predicted molar refractivity (Wildman–Crippen MR) is 26.4 cm³/mol. The minimum absolute atomic E-state index is 0.412. The van der Waals surface area contributed by atoms with Gasteiger partial charge in [-0.25, -0.2) is 5.32 Å². The van der Waals surface area contributed by atoms with E-state index in [-0.39, 0.29) is 0 Å². The fraction of sp³-hybridized carbons (Fsp3) is 0.750. The topological polar surface area (TPSA) is 63.4 Å². The summed E-state index contributed by atoms with van der Waals surface area (Å²) in [6, 6.07) is -0.435. The van der Waals surface area contributed by atoms with Crippen LogP contribution in [0.3, 0.4) is 0 Å². The van der Waals surface area contributed by atoms with Crippen LogP contribution >= 0.6 is 0 Å². The van der Waals surface area contributed by atoms with E-state index >= 15 is 0 Å². The van der Waals surface area contributed by atoms with Gasteiger partial charge in [0, 0.05) is 6.54 Å². The molecule has 1 aliphatic rings. The van der Waals surface area contributed by atoms with Gasteiger partial charge in [0.15, 0.2) is 0 Å². The molecule has 1 fully saturated rings. The van der Waals surface area contributed by atoms with Gasteiger partial charge in [0.25, 0.3) is 0 Å². The van der Waals surface area contributed by atoms with Gasteiger partial charge in [-0.15, -0.1) is 0 Å². The van der Waals surface area contributed by atoms with Gasteiger partial charge >= 0.3 is 5.97 Å². The monoisotopic (exact) mass is 115 g/mol. The summed E-state index contributed by atoms with van der Waals surface area (Å²) < 4.78 is 0. The molecule has 4 nitrogen and oxygen atoms in total. The lowest BCUT2D eigenvalue weighted by atomic mass is 10.3. The van der Waals surface area contributed by atoms with Gasteiger partial charge in [-0.3, -0.25) is 10.1 Å². The van der Waals surface area contributed by atoms with Crippen molar-refractivity contribution in [3.63, 3.8) is 0 Å². The predicted octanol–water partition coefficient (Wildman–Crippen LogP) is -1.40. The molecule has 1 saturated heterocycles. The van der Waals surface area contributed by atoms with E-state index in [1.165, 1.54) is 0 Å². The largest absolute Gasteiger partial charge is 0.480 e. The van der Waals surface area contributed by atoms with Crippen LogP contribution in [0.5, 0.6) is 0 Å². The highest BCUT2D eigenvalue weighted by atomic mass is 16.4. The summed E-state index contributed by atoms with van der Waals surface area (Å²) in [5.74, 6) is -0.814. The Morgan fingerprint density at radius 2 is 2.62 bits per heavy atom. The van der Waals surface area contributed by atoms with Gasteiger partial charge in [0.05, 0.1) is 6.67 Å². The van der Waals surface area contributed by atoms with Gasteiger partial charge in [-0.2, -0.15) is 0 Å². The van der Waals surface area contributed by atoms with Crippen LogP contribution < -0.4 is 10.6 Å². The molecule has 0 aromatic carbocycles. The quantitative estimate of drug-likeness (QED) is 0.442. The number of rotatable bonds is 1. The van der Waals surface area contributed by atoms with Gasteiger partial charge < -0.3 is 5.11 Å². The molecular formula is C4H7N2O2. The van der Waals surface area contributed by atoms with E-state index in [1.807, 2.05) is 0 Å². The molecule has 1 heterocycles. The Kier molecular flexibility index (Phi) is 1.45. The van der Waals surface area contributed by atoms with E-state index in [2.05, 4.69) is 10.6 Å². The molecule has 0 spiro atoms. The van der Waals surface area contributed by atoms with Crippen LogP contribution in [0.2, 0.25) is 0 Å². The Labute approximate surface area is 46.9 Å². The van der Waals surface area contributed by atoms with Crippen LogP contribution in [0.15, 0.2) is 0 Å². The van der Waals surface area contributed by atoms with E-state index in [0.717, 1.165) is 0 Å². The zero-order chi connectivity index (χ0) is 5.98. The fourth-order valence-corrected chi connectivity index (χ4v) is 0.598. The number of hydrogen-bond acceptors (Lipinski definition) is 2. The van der Waals surface area contributed by atoms with Crippen LogP contribution in [0.25, 0.3) is 0 Å². The van der Waals surface area contributed by atoms with Crippen molar-refractivity contribution in [1.29, 1.82) is 0 Å². The number of hydrogen-bond donors (Lipinski definition) is 2. The summed E-state index contributed by atoms with van der Waals surface area (Å²) in [5.41, 5.74) is 0. The minimum atomic E-state index is -0.814. The molecule has 1 atom stereocenters. The average molecular weight is 115 g/mol. The van der Waals surface area contributed by atoms with Crippen molar-refractivity contribution >= 4 is 5.97 Å². The maximum Gasteiger partial charge on any atom is 0.322 e. The highest BCUT2D eigenvalue weighted by molar-refractivity contribution is 5.74. The summed E-state index contributed by atoms with van der Waals surface area (Å²) in [5, 5.41) is 14.8. The van der Waals surface area contributed by atoms with Gasteiger partial charge in [0.2, 0.25) is 0 Å². The SMILES string of the molecule is O=C(O)C1C[N]CN1. The summed E-state index contributed by atoms with van der Waals surface area (Å²) in [4.78, 5) is 10.1. The molecule has 0 bridgehead atoms. The van der Waals surface area contributed by atoms with E-state index < -0.39 is 12.0 Å².